The fourth-order valence-electron chi connectivity index (χ4n) is 4.18. The minimum atomic E-state index is -0.403. The average Bonchev–Trinajstić information content (AvgIpc) is 3.19. The van der Waals surface area contributed by atoms with E-state index in [0.29, 0.717) is 40.5 Å². The van der Waals surface area contributed by atoms with Gasteiger partial charge in [0.15, 0.2) is 5.65 Å². The maximum Gasteiger partial charge on any atom is 0.228 e. The Balaban J connectivity index is 1.60. The van der Waals surface area contributed by atoms with E-state index in [2.05, 4.69) is 14.9 Å². The summed E-state index contributed by atoms with van der Waals surface area (Å²) in [6.45, 7) is 4.71. The van der Waals surface area contributed by atoms with E-state index in [0.717, 1.165) is 32.7 Å². The van der Waals surface area contributed by atoms with Crippen LogP contribution in [-0.2, 0) is 4.74 Å². The molecule has 2 N–H and O–H groups in total. The Morgan fingerprint density at radius 1 is 0.971 bits per heavy atom. The van der Waals surface area contributed by atoms with E-state index in [4.69, 9.17) is 20.4 Å². The largest absolute Gasteiger partial charge is 0.383 e. The van der Waals surface area contributed by atoms with Crippen LogP contribution in [0.2, 0.25) is 0 Å². The van der Waals surface area contributed by atoms with Gasteiger partial charge in [-0.15, -0.1) is 5.10 Å². The van der Waals surface area contributed by atoms with Gasteiger partial charge in [-0.2, -0.15) is 4.98 Å². The van der Waals surface area contributed by atoms with Gasteiger partial charge in [-0.25, -0.2) is 18.4 Å². The van der Waals surface area contributed by atoms with Crippen LogP contribution in [0, 0.1) is 11.6 Å². The van der Waals surface area contributed by atoms with Crippen molar-refractivity contribution < 1.29 is 13.5 Å². The summed E-state index contributed by atoms with van der Waals surface area (Å²) in [5.74, 6) is -0.0218. The first-order valence-corrected chi connectivity index (χ1v) is 11.1. The first kappa shape index (κ1) is 22.2. The maximum atomic E-state index is 14.1. The zero-order chi connectivity index (χ0) is 23.7. The number of hydrogen-bond donors (Lipinski definition) is 1. The van der Waals surface area contributed by atoms with E-state index in [1.165, 1.54) is 28.9 Å². The molecule has 0 saturated carbocycles. The van der Waals surface area contributed by atoms with Crippen molar-refractivity contribution in [3.05, 3.63) is 60.2 Å². The van der Waals surface area contributed by atoms with Gasteiger partial charge in [0.25, 0.3) is 0 Å². The molecule has 0 aliphatic carbocycles. The SMILES string of the molecule is COCCN1CCN(c2nc(-c3cccc(F)c3)c3c(N)n(-c4cccc(F)c4)nc3n2)CC1. The van der Waals surface area contributed by atoms with Crippen molar-refractivity contribution >= 4 is 22.8 Å². The van der Waals surface area contributed by atoms with Crippen molar-refractivity contribution in [1.29, 1.82) is 0 Å². The Hall–Kier alpha value is -3.63. The number of piperazine rings is 1. The molecule has 0 atom stereocenters. The van der Waals surface area contributed by atoms with Crippen molar-refractivity contribution in [2.24, 2.45) is 0 Å². The van der Waals surface area contributed by atoms with Gasteiger partial charge in [0.1, 0.15) is 17.5 Å². The second kappa shape index (κ2) is 9.32. The molecule has 2 aromatic carbocycles. The Morgan fingerprint density at radius 3 is 2.41 bits per heavy atom. The van der Waals surface area contributed by atoms with Crippen LogP contribution in [0.3, 0.4) is 0 Å². The Morgan fingerprint density at radius 2 is 1.71 bits per heavy atom. The fraction of sp³-hybridized carbons (Fsp3) is 0.292. The van der Waals surface area contributed by atoms with Crippen LogP contribution in [0.25, 0.3) is 28.0 Å². The minimum Gasteiger partial charge on any atom is -0.383 e. The molecule has 0 radical (unpaired) electrons. The van der Waals surface area contributed by atoms with Gasteiger partial charge in [0.2, 0.25) is 5.95 Å². The molecular weight excluding hydrogens is 440 g/mol. The number of anilines is 2. The zero-order valence-electron chi connectivity index (χ0n) is 18.8. The molecule has 2 aromatic heterocycles. The number of methoxy groups -OCH3 is 1. The highest BCUT2D eigenvalue weighted by molar-refractivity contribution is 5.99. The van der Waals surface area contributed by atoms with Crippen molar-refractivity contribution in [3.63, 3.8) is 0 Å². The van der Waals surface area contributed by atoms with Crippen molar-refractivity contribution in [1.82, 2.24) is 24.6 Å². The summed E-state index contributed by atoms with van der Waals surface area (Å²) < 4.78 is 34.6. The summed E-state index contributed by atoms with van der Waals surface area (Å²) in [6.07, 6.45) is 0. The van der Waals surface area contributed by atoms with Crippen LogP contribution in [0.15, 0.2) is 48.5 Å². The van der Waals surface area contributed by atoms with E-state index < -0.39 is 5.82 Å². The van der Waals surface area contributed by atoms with Crippen molar-refractivity contribution in [2.75, 3.05) is 57.1 Å². The monoisotopic (exact) mass is 465 g/mol. The molecule has 10 heteroatoms. The number of halogens is 2. The summed E-state index contributed by atoms with van der Waals surface area (Å²) in [5.41, 5.74) is 8.35. The molecule has 5 rings (SSSR count). The highest BCUT2D eigenvalue weighted by Crippen LogP contribution is 2.34. The number of benzene rings is 2. The second-order valence-corrected chi connectivity index (χ2v) is 8.18. The number of fused-ring (bicyclic) bond motifs is 1. The van der Waals surface area contributed by atoms with Crippen molar-refractivity contribution in [3.8, 4) is 16.9 Å². The van der Waals surface area contributed by atoms with Crippen molar-refractivity contribution in [2.45, 2.75) is 0 Å². The molecule has 3 heterocycles. The number of nitrogen functional groups attached to an aromatic ring is 1. The first-order valence-electron chi connectivity index (χ1n) is 11.1. The van der Waals surface area contributed by atoms with Crippen LogP contribution in [0.5, 0.6) is 0 Å². The number of hydrogen-bond acceptors (Lipinski definition) is 7. The number of rotatable bonds is 6. The first-order chi connectivity index (χ1) is 16.5. The van der Waals surface area contributed by atoms with Crippen LogP contribution >= 0.6 is 0 Å². The molecule has 176 valence electrons. The van der Waals surface area contributed by atoms with E-state index >= 15 is 0 Å². The Kier molecular flexibility index (Phi) is 6.08. The molecule has 0 bridgehead atoms. The molecule has 0 spiro atoms. The van der Waals surface area contributed by atoms with Crippen LogP contribution < -0.4 is 10.6 Å². The lowest BCUT2D eigenvalue weighted by Crippen LogP contribution is -2.47. The standard InChI is InChI=1S/C24H25F2N7O/c1-34-13-12-31-8-10-32(11-9-31)24-28-21(16-4-2-5-17(25)14-16)20-22(27)33(30-23(20)29-24)19-7-3-6-18(26)15-19/h2-7,14-15H,8-13,27H2,1H3. The van der Waals surface area contributed by atoms with E-state index in [-0.39, 0.29) is 11.6 Å². The third kappa shape index (κ3) is 4.29. The second-order valence-electron chi connectivity index (χ2n) is 8.18. The lowest BCUT2D eigenvalue weighted by molar-refractivity contribution is 0.144. The predicted molar refractivity (Wildman–Crippen MR) is 127 cm³/mol. The Labute approximate surface area is 195 Å². The molecule has 0 amide bonds. The smallest absolute Gasteiger partial charge is 0.228 e. The minimum absolute atomic E-state index is 0.260. The molecule has 1 aliphatic heterocycles. The van der Waals surface area contributed by atoms with Gasteiger partial charge in [-0.1, -0.05) is 18.2 Å². The van der Waals surface area contributed by atoms with Crippen LogP contribution in [0.1, 0.15) is 0 Å². The number of aromatic nitrogens is 4. The van der Waals surface area contributed by atoms with Gasteiger partial charge in [-0.3, -0.25) is 4.90 Å². The van der Waals surface area contributed by atoms with E-state index in [9.17, 15) is 8.78 Å². The highest BCUT2D eigenvalue weighted by Gasteiger charge is 2.24. The summed E-state index contributed by atoms with van der Waals surface area (Å²) in [5, 5.41) is 5.07. The van der Waals surface area contributed by atoms with Gasteiger partial charge >= 0.3 is 0 Å². The third-order valence-corrected chi connectivity index (χ3v) is 5.97. The predicted octanol–water partition coefficient (Wildman–Crippen LogP) is 3.11. The van der Waals surface area contributed by atoms with Crippen LogP contribution in [-0.4, -0.2) is 71.1 Å². The van der Waals surface area contributed by atoms with Gasteiger partial charge < -0.3 is 15.4 Å². The number of nitrogens with zero attached hydrogens (tertiary/aromatic N) is 6. The average molecular weight is 466 g/mol. The molecular formula is C24H25F2N7O. The summed E-state index contributed by atoms with van der Waals surface area (Å²) >= 11 is 0. The molecule has 1 saturated heterocycles. The summed E-state index contributed by atoms with van der Waals surface area (Å²) in [4.78, 5) is 13.9. The molecule has 4 aromatic rings. The molecule has 0 unspecified atom stereocenters. The lowest BCUT2D eigenvalue weighted by Gasteiger charge is -2.34. The highest BCUT2D eigenvalue weighted by atomic mass is 19.1. The van der Waals surface area contributed by atoms with Gasteiger partial charge in [0.05, 0.1) is 23.4 Å². The van der Waals surface area contributed by atoms with Gasteiger partial charge in [0, 0.05) is 45.4 Å². The summed E-state index contributed by atoms with van der Waals surface area (Å²) in [6, 6.07) is 12.2. The fourth-order valence-corrected chi connectivity index (χ4v) is 4.18. The normalized spacial score (nSPS) is 14.7. The molecule has 34 heavy (non-hydrogen) atoms. The van der Waals surface area contributed by atoms with E-state index in [1.807, 2.05) is 0 Å². The Bertz CT molecular complexity index is 1320. The quantitative estimate of drug-likeness (QED) is 0.468. The summed E-state index contributed by atoms with van der Waals surface area (Å²) in [7, 11) is 1.70. The lowest BCUT2D eigenvalue weighted by atomic mass is 10.1. The van der Waals surface area contributed by atoms with Gasteiger partial charge in [-0.05, 0) is 30.3 Å². The molecule has 8 nitrogen and oxygen atoms in total. The van der Waals surface area contributed by atoms with E-state index in [1.54, 1.807) is 31.4 Å². The number of ether oxygens (including phenoxy) is 1. The molecule has 1 fully saturated rings. The topological polar surface area (TPSA) is 85.3 Å². The molecule has 1 aliphatic rings. The number of nitrogens with two attached hydrogens (primary N) is 1. The third-order valence-electron chi connectivity index (χ3n) is 5.97. The van der Waals surface area contributed by atoms with Crippen LogP contribution in [0.4, 0.5) is 20.5 Å². The zero-order valence-corrected chi connectivity index (χ0v) is 18.8. The maximum absolute atomic E-state index is 14.1.